The third-order valence-electron chi connectivity index (χ3n) is 7.43. The molecule has 130 valence electrons. The van der Waals surface area contributed by atoms with E-state index in [1.165, 1.54) is 22.0 Å². The minimum Gasteiger partial charge on any atom is -0.372 e. The molecule has 5 rings (SSSR count). The lowest BCUT2D eigenvalue weighted by Gasteiger charge is -2.53. The first-order valence-electron chi connectivity index (χ1n) is 9.13. The second kappa shape index (κ2) is 4.81. The van der Waals surface area contributed by atoms with E-state index in [9.17, 15) is 0 Å². The van der Waals surface area contributed by atoms with Crippen LogP contribution in [0.4, 0.5) is 0 Å². The monoisotopic (exact) mass is 354 g/mol. The van der Waals surface area contributed by atoms with Crippen LogP contribution in [-0.4, -0.2) is 29.1 Å². The largest absolute Gasteiger partial charge is 0.372 e. The van der Waals surface area contributed by atoms with Gasteiger partial charge in [0.25, 0.3) is 0 Å². The zero-order valence-corrected chi connectivity index (χ0v) is 15.6. The van der Waals surface area contributed by atoms with Crippen LogP contribution in [0.25, 0.3) is 15.7 Å². The van der Waals surface area contributed by atoms with Gasteiger partial charge in [0.05, 0.1) is 24.0 Å². The minimum atomic E-state index is -0.281. The molecule has 4 heteroatoms. The third-order valence-corrected chi connectivity index (χ3v) is 8.08. The van der Waals surface area contributed by atoms with Crippen LogP contribution in [0.1, 0.15) is 44.2 Å². The quantitative estimate of drug-likeness (QED) is 0.442. The van der Waals surface area contributed by atoms with Crippen molar-refractivity contribution in [1.82, 2.24) is 4.98 Å². The Morgan fingerprint density at radius 1 is 1.32 bits per heavy atom. The van der Waals surface area contributed by atoms with Crippen molar-refractivity contribution in [2.75, 3.05) is 6.61 Å². The van der Waals surface area contributed by atoms with Crippen LogP contribution in [-0.2, 0) is 10.2 Å². The second-order valence-corrected chi connectivity index (χ2v) is 9.32. The summed E-state index contributed by atoms with van der Waals surface area (Å²) in [6, 6.07) is 6.38. The fraction of sp³-hybridized carbons (Fsp3) is 0.571. The SMILES string of the molecule is [C-]#[N+][C@@H]1[C@H]2c3c[nH]c4cccc(c34)C(C)(C)[C@H]2C[C@@H](Cl)[C@]1(C)C1CO1. The lowest BCUT2D eigenvalue weighted by atomic mass is 9.50. The number of fused-ring (bicyclic) bond motifs is 2. The van der Waals surface area contributed by atoms with Crippen molar-refractivity contribution in [3.63, 3.8) is 0 Å². The highest BCUT2D eigenvalue weighted by atomic mass is 35.5. The molecule has 6 atom stereocenters. The standard InChI is InChI=1S/C21H23ClN2O/c1-20(2)12-6-5-7-14-17(12)11(9-24-14)18-13(20)8-15(22)21(3,16-10-25-16)19(18)23-4/h5-7,9,13,15-16,18-19,24H,8,10H2,1-3H3/t13-,15+,16?,18-,19+,21+/m0/s1. The number of halogens is 1. The maximum absolute atomic E-state index is 8.05. The predicted molar refractivity (Wildman–Crippen MR) is 100 cm³/mol. The molecule has 0 bridgehead atoms. The number of alkyl halides is 1. The van der Waals surface area contributed by atoms with Crippen LogP contribution in [0.3, 0.4) is 0 Å². The van der Waals surface area contributed by atoms with Crippen LogP contribution in [0, 0.1) is 17.9 Å². The van der Waals surface area contributed by atoms with Gasteiger partial charge in [-0.05, 0) is 41.9 Å². The topological polar surface area (TPSA) is 32.7 Å². The van der Waals surface area contributed by atoms with Gasteiger partial charge in [0, 0.05) is 22.5 Å². The Kier molecular flexibility index (Phi) is 3.03. The Morgan fingerprint density at radius 2 is 2.08 bits per heavy atom. The summed E-state index contributed by atoms with van der Waals surface area (Å²) in [5.41, 5.74) is 3.60. The van der Waals surface area contributed by atoms with Crippen molar-refractivity contribution in [3.8, 4) is 0 Å². The molecule has 1 aromatic heterocycles. The first-order chi connectivity index (χ1) is 11.9. The molecule has 1 unspecified atom stereocenters. The molecule has 3 aliphatic rings. The average Bonchev–Trinajstić information content (AvgIpc) is 3.36. The Balaban J connectivity index is 1.78. The van der Waals surface area contributed by atoms with Gasteiger partial charge in [-0.3, -0.25) is 0 Å². The highest BCUT2D eigenvalue weighted by molar-refractivity contribution is 6.21. The fourth-order valence-corrected chi connectivity index (χ4v) is 6.24. The van der Waals surface area contributed by atoms with Crippen LogP contribution in [0.5, 0.6) is 0 Å². The zero-order valence-electron chi connectivity index (χ0n) is 14.8. The highest BCUT2D eigenvalue weighted by Crippen LogP contribution is 2.62. The first-order valence-corrected chi connectivity index (χ1v) is 9.57. The molecule has 25 heavy (non-hydrogen) atoms. The molecule has 0 radical (unpaired) electrons. The Hall–Kier alpha value is -1.50. The Morgan fingerprint density at radius 3 is 2.76 bits per heavy atom. The molecular weight excluding hydrogens is 332 g/mol. The van der Waals surface area contributed by atoms with E-state index in [-0.39, 0.29) is 34.3 Å². The summed E-state index contributed by atoms with van der Waals surface area (Å²) < 4.78 is 5.67. The summed E-state index contributed by atoms with van der Waals surface area (Å²) in [5, 5.41) is 1.30. The van der Waals surface area contributed by atoms with Gasteiger partial charge in [0.1, 0.15) is 0 Å². The highest BCUT2D eigenvalue weighted by Gasteiger charge is 2.66. The third kappa shape index (κ3) is 1.80. The number of hydrogen-bond donors (Lipinski definition) is 1. The van der Waals surface area contributed by atoms with E-state index >= 15 is 0 Å². The molecule has 0 amide bonds. The molecule has 1 saturated carbocycles. The van der Waals surface area contributed by atoms with Gasteiger partial charge in [0.15, 0.2) is 0 Å². The van der Waals surface area contributed by atoms with E-state index in [1.807, 2.05) is 0 Å². The van der Waals surface area contributed by atoms with E-state index in [0.29, 0.717) is 5.92 Å². The molecule has 2 aromatic rings. The van der Waals surface area contributed by atoms with Crippen LogP contribution >= 0.6 is 11.6 Å². The maximum Gasteiger partial charge on any atom is 0.240 e. The van der Waals surface area contributed by atoms with Gasteiger partial charge in [-0.1, -0.05) is 26.0 Å². The normalized spacial score (nSPS) is 41.2. The van der Waals surface area contributed by atoms with Crippen molar-refractivity contribution >= 4 is 22.5 Å². The molecule has 0 spiro atoms. The van der Waals surface area contributed by atoms with Gasteiger partial charge in [0.2, 0.25) is 6.04 Å². The van der Waals surface area contributed by atoms with Crippen molar-refractivity contribution in [1.29, 1.82) is 0 Å². The van der Waals surface area contributed by atoms with Gasteiger partial charge < -0.3 is 14.6 Å². The summed E-state index contributed by atoms with van der Waals surface area (Å²) in [7, 11) is 0. The molecule has 2 aliphatic carbocycles. The lowest BCUT2D eigenvalue weighted by molar-refractivity contribution is 0.0688. The molecular formula is C21H23ClN2O. The lowest BCUT2D eigenvalue weighted by Crippen LogP contribution is -2.56. The number of hydrogen-bond acceptors (Lipinski definition) is 1. The Labute approximate surface area is 153 Å². The van der Waals surface area contributed by atoms with Crippen LogP contribution in [0.2, 0.25) is 0 Å². The number of nitrogens with one attached hydrogen (secondary N) is 1. The minimum absolute atomic E-state index is 0.00118. The average molecular weight is 355 g/mol. The number of rotatable bonds is 1. The molecule has 1 aromatic carbocycles. The van der Waals surface area contributed by atoms with Crippen molar-refractivity contribution in [3.05, 3.63) is 46.9 Å². The molecule has 2 heterocycles. The predicted octanol–water partition coefficient (Wildman–Crippen LogP) is 4.86. The number of aromatic nitrogens is 1. The van der Waals surface area contributed by atoms with Gasteiger partial charge >= 0.3 is 0 Å². The number of epoxide rings is 1. The van der Waals surface area contributed by atoms with E-state index < -0.39 is 0 Å². The smallest absolute Gasteiger partial charge is 0.240 e. The molecule has 1 aliphatic heterocycles. The number of nitrogens with zero attached hydrogens (tertiary/aromatic N) is 1. The summed E-state index contributed by atoms with van der Waals surface area (Å²) >= 11 is 6.95. The van der Waals surface area contributed by atoms with Crippen LogP contribution < -0.4 is 0 Å². The molecule has 3 nitrogen and oxygen atoms in total. The van der Waals surface area contributed by atoms with E-state index in [2.05, 4.69) is 55.0 Å². The van der Waals surface area contributed by atoms with Crippen molar-refractivity contribution in [2.45, 2.75) is 56.0 Å². The van der Waals surface area contributed by atoms with Gasteiger partial charge in [-0.2, -0.15) is 0 Å². The summed E-state index contributed by atoms with van der Waals surface area (Å²) in [6.45, 7) is 15.6. The zero-order chi connectivity index (χ0) is 17.6. The van der Waals surface area contributed by atoms with Crippen LogP contribution in [0.15, 0.2) is 24.4 Å². The van der Waals surface area contributed by atoms with E-state index in [0.717, 1.165) is 13.0 Å². The summed E-state index contributed by atoms with van der Waals surface area (Å²) in [4.78, 5) is 7.63. The Bertz CT molecular complexity index is 906. The first kappa shape index (κ1) is 15.7. The number of benzene rings is 1. The number of H-pyrrole nitrogens is 1. The molecule has 1 saturated heterocycles. The van der Waals surface area contributed by atoms with Gasteiger partial charge in [-0.25, -0.2) is 6.57 Å². The second-order valence-electron chi connectivity index (χ2n) is 8.79. The molecule has 1 N–H and O–H groups in total. The molecule has 2 fully saturated rings. The maximum atomic E-state index is 8.05. The van der Waals surface area contributed by atoms with Gasteiger partial charge in [-0.15, -0.1) is 11.6 Å². The van der Waals surface area contributed by atoms with Crippen molar-refractivity contribution < 1.29 is 4.74 Å². The fourth-order valence-electron chi connectivity index (χ4n) is 5.78. The van der Waals surface area contributed by atoms with E-state index in [4.69, 9.17) is 22.9 Å². The van der Waals surface area contributed by atoms with E-state index in [1.54, 1.807) is 0 Å². The summed E-state index contributed by atoms with van der Waals surface area (Å²) in [6.07, 6.45) is 3.20. The number of ether oxygens (including phenoxy) is 1. The van der Waals surface area contributed by atoms with Crippen molar-refractivity contribution in [2.24, 2.45) is 11.3 Å². The number of aromatic amines is 1. The summed E-state index contributed by atoms with van der Waals surface area (Å²) in [5.74, 6) is 0.579.